The molecule has 0 aromatic carbocycles. The summed E-state index contributed by atoms with van der Waals surface area (Å²) in [7, 11) is 1.75. The number of nitrogens with zero attached hydrogens (tertiary/aromatic N) is 1. The number of hydrogen-bond acceptors (Lipinski definition) is 3. The SMILES string of the molecule is CCCC(=O)NCc1c(O)c(=O)cc(C)n1C. The molecule has 94 valence electrons. The monoisotopic (exact) mass is 238 g/mol. The molecule has 0 unspecified atom stereocenters. The van der Waals surface area contributed by atoms with E-state index >= 15 is 0 Å². The van der Waals surface area contributed by atoms with Gasteiger partial charge in [0, 0.05) is 25.2 Å². The molecule has 5 heteroatoms. The number of nitrogens with one attached hydrogen (secondary N) is 1. The van der Waals surface area contributed by atoms with E-state index in [0.717, 1.165) is 12.1 Å². The Hall–Kier alpha value is -1.78. The summed E-state index contributed by atoms with van der Waals surface area (Å²) < 4.78 is 1.70. The van der Waals surface area contributed by atoms with Gasteiger partial charge in [-0.1, -0.05) is 6.92 Å². The summed E-state index contributed by atoms with van der Waals surface area (Å²) >= 11 is 0. The molecule has 5 nitrogen and oxygen atoms in total. The van der Waals surface area contributed by atoms with Crippen LogP contribution in [0.5, 0.6) is 5.75 Å². The number of aromatic nitrogens is 1. The van der Waals surface area contributed by atoms with E-state index in [4.69, 9.17) is 0 Å². The predicted molar refractivity (Wildman–Crippen MR) is 64.8 cm³/mol. The molecule has 0 fully saturated rings. The van der Waals surface area contributed by atoms with Crippen molar-refractivity contribution < 1.29 is 9.90 Å². The topological polar surface area (TPSA) is 71.3 Å². The van der Waals surface area contributed by atoms with Crippen LogP contribution in [0, 0.1) is 6.92 Å². The van der Waals surface area contributed by atoms with Gasteiger partial charge in [-0.15, -0.1) is 0 Å². The fraction of sp³-hybridized carbons (Fsp3) is 0.500. The van der Waals surface area contributed by atoms with Crippen molar-refractivity contribution in [2.24, 2.45) is 7.05 Å². The van der Waals surface area contributed by atoms with E-state index in [2.05, 4.69) is 5.32 Å². The van der Waals surface area contributed by atoms with Crippen molar-refractivity contribution in [2.45, 2.75) is 33.2 Å². The van der Waals surface area contributed by atoms with Crippen LogP contribution < -0.4 is 10.7 Å². The Balaban J connectivity index is 2.91. The molecule has 0 aliphatic carbocycles. The molecule has 1 heterocycles. The van der Waals surface area contributed by atoms with Crippen LogP contribution in [0.4, 0.5) is 0 Å². The fourth-order valence-electron chi connectivity index (χ4n) is 1.57. The van der Waals surface area contributed by atoms with Crippen molar-refractivity contribution in [1.29, 1.82) is 0 Å². The van der Waals surface area contributed by atoms with Crippen molar-refractivity contribution >= 4 is 5.91 Å². The van der Waals surface area contributed by atoms with Crippen LogP contribution in [0.3, 0.4) is 0 Å². The average molecular weight is 238 g/mol. The maximum atomic E-state index is 11.4. The van der Waals surface area contributed by atoms with Crippen molar-refractivity contribution in [3.05, 3.63) is 27.7 Å². The number of amides is 1. The molecule has 0 atom stereocenters. The predicted octanol–water partition coefficient (Wildman–Crippen LogP) is 0.816. The van der Waals surface area contributed by atoms with Crippen LogP contribution in [-0.4, -0.2) is 15.6 Å². The fourth-order valence-corrected chi connectivity index (χ4v) is 1.57. The Morgan fingerprint density at radius 3 is 2.76 bits per heavy atom. The van der Waals surface area contributed by atoms with E-state index in [9.17, 15) is 14.7 Å². The first-order chi connectivity index (χ1) is 7.97. The van der Waals surface area contributed by atoms with Gasteiger partial charge in [0.05, 0.1) is 12.2 Å². The Morgan fingerprint density at radius 2 is 2.18 bits per heavy atom. The Labute approximate surface area is 100 Å². The van der Waals surface area contributed by atoms with Crippen LogP contribution in [0.1, 0.15) is 31.2 Å². The number of rotatable bonds is 4. The summed E-state index contributed by atoms with van der Waals surface area (Å²) in [6, 6.07) is 1.37. The molecule has 1 rings (SSSR count). The lowest BCUT2D eigenvalue weighted by atomic mass is 10.2. The third-order valence-corrected chi connectivity index (χ3v) is 2.71. The van der Waals surface area contributed by atoms with Gasteiger partial charge in [-0.25, -0.2) is 0 Å². The molecule has 0 aliphatic rings. The number of pyridine rings is 1. The maximum absolute atomic E-state index is 11.4. The zero-order valence-electron chi connectivity index (χ0n) is 10.4. The van der Waals surface area contributed by atoms with Crippen LogP contribution in [0.15, 0.2) is 10.9 Å². The second-order valence-corrected chi connectivity index (χ2v) is 4.03. The van der Waals surface area contributed by atoms with Crippen LogP contribution in [0.2, 0.25) is 0 Å². The third-order valence-electron chi connectivity index (χ3n) is 2.71. The molecule has 0 aliphatic heterocycles. The van der Waals surface area contributed by atoms with E-state index in [1.807, 2.05) is 6.92 Å². The summed E-state index contributed by atoms with van der Waals surface area (Å²) in [6.45, 7) is 3.86. The number of hydrogen-bond donors (Lipinski definition) is 2. The van der Waals surface area contributed by atoms with Gasteiger partial charge in [-0.3, -0.25) is 9.59 Å². The number of carbonyl (C=O) groups is 1. The van der Waals surface area contributed by atoms with Gasteiger partial charge in [0.2, 0.25) is 11.3 Å². The molecule has 0 bridgehead atoms. The molecular weight excluding hydrogens is 220 g/mol. The molecule has 1 aromatic heterocycles. The molecule has 0 spiro atoms. The third kappa shape index (κ3) is 3.09. The first kappa shape index (κ1) is 13.3. The summed E-state index contributed by atoms with van der Waals surface area (Å²) in [5, 5.41) is 12.3. The van der Waals surface area contributed by atoms with Crippen molar-refractivity contribution in [1.82, 2.24) is 9.88 Å². The highest BCUT2D eigenvalue weighted by atomic mass is 16.3. The largest absolute Gasteiger partial charge is 0.503 e. The molecule has 1 amide bonds. The first-order valence-electron chi connectivity index (χ1n) is 5.62. The van der Waals surface area contributed by atoms with Gasteiger partial charge in [-0.2, -0.15) is 0 Å². The minimum atomic E-state index is -0.416. The summed E-state index contributed by atoms with van der Waals surface area (Å²) in [5.41, 5.74) is 0.757. The maximum Gasteiger partial charge on any atom is 0.223 e. The van der Waals surface area contributed by atoms with E-state index in [0.29, 0.717) is 12.1 Å². The normalized spacial score (nSPS) is 10.3. The highest BCUT2D eigenvalue weighted by Crippen LogP contribution is 2.12. The molecule has 1 aromatic rings. The van der Waals surface area contributed by atoms with E-state index in [1.165, 1.54) is 6.07 Å². The Morgan fingerprint density at radius 1 is 1.53 bits per heavy atom. The minimum Gasteiger partial charge on any atom is -0.503 e. The number of carbonyl (C=O) groups excluding carboxylic acids is 1. The molecule has 0 saturated heterocycles. The van der Waals surface area contributed by atoms with Crippen molar-refractivity contribution in [3.63, 3.8) is 0 Å². The first-order valence-corrected chi connectivity index (χ1v) is 5.62. The standard InChI is InChI=1S/C12H18N2O3/c1-4-5-11(16)13-7-9-12(17)10(15)6-8(2)14(9)3/h6,17H,4-5,7H2,1-3H3,(H,13,16). The quantitative estimate of drug-likeness (QED) is 0.815. The summed E-state index contributed by atoms with van der Waals surface area (Å²) in [4.78, 5) is 22.7. The average Bonchev–Trinajstić information content (AvgIpc) is 2.27. The Bertz CT molecular complexity index is 477. The minimum absolute atomic E-state index is 0.0825. The molecular formula is C12H18N2O3. The molecule has 0 saturated carbocycles. The Kier molecular flexibility index (Phi) is 4.31. The van der Waals surface area contributed by atoms with Gasteiger partial charge >= 0.3 is 0 Å². The zero-order valence-corrected chi connectivity index (χ0v) is 10.4. The smallest absolute Gasteiger partial charge is 0.223 e. The lowest BCUT2D eigenvalue weighted by molar-refractivity contribution is -0.121. The van der Waals surface area contributed by atoms with Gasteiger partial charge in [0.15, 0.2) is 5.75 Å². The van der Waals surface area contributed by atoms with Gasteiger partial charge < -0.3 is 15.0 Å². The summed E-state index contributed by atoms with van der Waals surface area (Å²) in [6.07, 6.45) is 1.21. The lowest BCUT2D eigenvalue weighted by Crippen LogP contribution is -2.26. The van der Waals surface area contributed by atoms with E-state index in [1.54, 1.807) is 18.5 Å². The van der Waals surface area contributed by atoms with Crippen molar-refractivity contribution in [3.8, 4) is 5.75 Å². The van der Waals surface area contributed by atoms with Crippen LogP contribution in [-0.2, 0) is 18.4 Å². The molecule has 2 N–H and O–H groups in total. The van der Waals surface area contributed by atoms with Gasteiger partial charge in [-0.05, 0) is 13.3 Å². The second kappa shape index (κ2) is 5.52. The number of aromatic hydroxyl groups is 1. The molecule has 0 radical (unpaired) electrons. The zero-order chi connectivity index (χ0) is 13.0. The highest BCUT2D eigenvalue weighted by Gasteiger charge is 2.11. The highest BCUT2D eigenvalue weighted by molar-refractivity contribution is 5.75. The van der Waals surface area contributed by atoms with Gasteiger partial charge in [0.1, 0.15) is 0 Å². The molecule has 17 heavy (non-hydrogen) atoms. The lowest BCUT2D eigenvalue weighted by Gasteiger charge is -2.14. The second-order valence-electron chi connectivity index (χ2n) is 4.03. The van der Waals surface area contributed by atoms with Crippen LogP contribution >= 0.6 is 0 Å². The van der Waals surface area contributed by atoms with E-state index < -0.39 is 5.43 Å². The summed E-state index contributed by atoms with van der Waals surface area (Å²) in [5.74, 6) is -0.379. The van der Waals surface area contributed by atoms with Gasteiger partial charge in [0.25, 0.3) is 0 Å². The number of aryl methyl sites for hydroxylation is 1. The van der Waals surface area contributed by atoms with E-state index in [-0.39, 0.29) is 18.2 Å². The van der Waals surface area contributed by atoms with Crippen molar-refractivity contribution in [2.75, 3.05) is 0 Å². The van der Waals surface area contributed by atoms with Crippen LogP contribution in [0.25, 0.3) is 0 Å².